The molecule has 0 spiro atoms. The van der Waals surface area contributed by atoms with Crippen LogP contribution < -0.4 is 0 Å². The highest BCUT2D eigenvalue weighted by Crippen LogP contribution is 2.36. The molecule has 1 fully saturated rings. The van der Waals surface area contributed by atoms with Gasteiger partial charge in [-0.25, -0.2) is 4.79 Å². The minimum atomic E-state index is -1.11. The van der Waals surface area contributed by atoms with Gasteiger partial charge < -0.3 is 14.9 Å². The molecule has 2 N–H and O–H groups in total. The number of fused-ring (bicyclic) bond motifs is 2. The summed E-state index contributed by atoms with van der Waals surface area (Å²) in [6, 6.07) is 0. The molecule has 0 amide bonds. The summed E-state index contributed by atoms with van der Waals surface area (Å²) in [4.78, 5) is 12.1. The lowest BCUT2D eigenvalue weighted by atomic mass is 9.78. The molecule has 0 aromatic heterocycles. The van der Waals surface area contributed by atoms with E-state index in [9.17, 15) is 15.0 Å². The van der Waals surface area contributed by atoms with Crippen molar-refractivity contribution in [2.75, 3.05) is 0 Å². The molecule has 2 rings (SSSR count). The summed E-state index contributed by atoms with van der Waals surface area (Å²) in [6.07, 6.45) is 7.11. The zero-order chi connectivity index (χ0) is 17.9. The molecule has 1 aliphatic carbocycles. The quantitative estimate of drug-likeness (QED) is 0.404. The van der Waals surface area contributed by atoms with Gasteiger partial charge in [0.25, 0.3) is 0 Å². The van der Waals surface area contributed by atoms with Crippen LogP contribution in [-0.4, -0.2) is 34.0 Å². The lowest BCUT2D eigenvalue weighted by molar-refractivity contribution is -0.171. The first-order chi connectivity index (χ1) is 11.2. The highest BCUT2D eigenvalue weighted by Gasteiger charge is 2.43. The van der Waals surface area contributed by atoms with Gasteiger partial charge >= 0.3 is 5.97 Å². The lowest BCUT2D eigenvalue weighted by Gasteiger charge is -2.40. The normalized spacial score (nSPS) is 40.6. The Bertz CT molecular complexity index is 556. The summed E-state index contributed by atoms with van der Waals surface area (Å²) in [5, 5.41) is 21.4. The zero-order valence-corrected chi connectivity index (χ0v) is 15.0. The van der Waals surface area contributed by atoms with E-state index in [0.29, 0.717) is 24.8 Å². The molecule has 1 saturated heterocycles. The number of carbonyl (C=O) groups excluding carboxylic acids is 1. The maximum Gasteiger partial charge on any atom is 0.334 e. The van der Waals surface area contributed by atoms with E-state index in [4.69, 9.17) is 4.74 Å². The van der Waals surface area contributed by atoms with Gasteiger partial charge in [0.2, 0.25) is 0 Å². The second-order valence-electron chi connectivity index (χ2n) is 7.57. The van der Waals surface area contributed by atoms with Crippen LogP contribution in [0.25, 0.3) is 0 Å². The van der Waals surface area contributed by atoms with Crippen LogP contribution >= 0.6 is 0 Å². The van der Waals surface area contributed by atoms with Crippen molar-refractivity contribution in [3.63, 3.8) is 0 Å². The number of aliphatic hydroxyl groups excluding tert-OH is 1. The monoisotopic (exact) mass is 334 g/mol. The molecule has 0 aromatic carbocycles. The third-order valence-corrected chi connectivity index (χ3v) is 5.29. The van der Waals surface area contributed by atoms with Gasteiger partial charge in [-0.05, 0) is 59.3 Å². The van der Waals surface area contributed by atoms with E-state index in [2.05, 4.69) is 25.7 Å². The topological polar surface area (TPSA) is 66.8 Å². The molecular weight excluding hydrogens is 304 g/mol. The van der Waals surface area contributed by atoms with Crippen molar-refractivity contribution in [2.45, 2.75) is 77.1 Å². The Kier molecular flexibility index (Phi) is 6.05. The Labute approximate surface area is 144 Å². The number of hydrogen-bond acceptors (Lipinski definition) is 4. The van der Waals surface area contributed by atoms with Gasteiger partial charge in [-0.2, -0.15) is 0 Å². The Balaban J connectivity index is 2.29. The van der Waals surface area contributed by atoms with Gasteiger partial charge in [0.1, 0.15) is 6.10 Å². The molecule has 4 nitrogen and oxygen atoms in total. The van der Waals surface area contributed by atoms with E-state index in [1.54, 1.807) is 6.92 Å². The molecule has 4 heteroatoms. The summed E-state index contributed by atoms with van der Waals surface area (Å²) in [5.74, 6) is -0.873. The molecule has 0 radical (unpaired) electrons. The van der Waals surface area contributed by atoms with Crippen molar-refractivity contribution in [1.82, 2.24) is 0 Å². The van der Waals surface area contributed by atoms with Crippen LogP contribution in [0.5, 0.6) is 0 Å². The van der Waals surface area contributed by atoms with Crippen molar-refractivity contribution >= 4 is 5.97 Å². The average molecular weight is 334 g/mol. The summed E-state index contributed by atoms with van der Waals surface area (Å²) in [5.41, 5.74) is 1.60. The van der Waals surface area contributed by atoms with Crippen LogP contribution in [0.3, 0.4) is 0 Å². The van der Waals surface area contributed by atoms with Gasteiger partial charge in [0, 0.05) is 11.5 Å². The van der Waals surface area contributed by atoms with E-state index in [1.165, 1.54) is 5.57 Å². The Morgan fingerprint density at radius 3 is 2.62 bits per heavy atom. The van der Waals surface area contributed by atoms with Crippen molar-refractivity contribution in [2.24, 2.45) is 5.92 Å². The van der Waals surface area contributed by atoms with E-state index >= 15 is 0 Å². The number of aliphatic hydroxyl groups is 2. The fourth-order valence-electron chi connectivity index (χ4n) is 3.52. The maximum absolute atomic E-state index is 12.1. The summed E-state index contributed by atoms with van der Waals surface area (Å²) >= 11 is 0. The minimum absolute atomic E-state index is 0.310. The predicted octanol–water partition coefficient (Wildman–Crippen LogP) is 3.44. The summed E-state index contributed by atoms with van der Waals surface area (Å²) < 4.78 is 5.41. The first-order valence-electron chi connectivity index (χ1n) is 8.82. The van der Waals surface area contributed by atoms with Crippen LogP contribution in [0.1, 0.15) is 59.3 Å². The van der Waals surface area contributed by atoms with E-state index in [-0.39, 0.29) is 5.92 Å². The fourth-order valence-corrected chi connectivity index (χ4v) is 3.52. The van der Waals surface area contributed by atoms with Crippen LogP contribution in [0, 0.1) is 5.92 Å². The molecular formula is C20H30O4. The first-order valence-corrected chi connectivity index (χ1v) is 8.82. The molecule has 2 bridgehead atoms. The summed E-state index contributed by atoms with van der Waals surface area (Å²) in [7, 11) is 0. The minimum Gasteiger partial charge on any atom is -0.456 e. The molecule has 4 unspecified atom stereocenters. The van der Waals surface area contributed by atoms with Crippen LogP contribution in [0.4, 0.5) is 0 Å². The first kappa shape index (κ1) is 18.9. The summed E-state index contributed by atoms with van der Waals surface area (Å²) in [6.45, 7) is 9.62. The number of esters is 1. The van der Waals surface area contributed by atoms with Crippen molar-refractivity contribution in [1.29, 1.82) is 0 Å². The molecule has 134 valence electrons. The SMILES string of the molecule is C=C1C(=O)OC2CC1C(O)C/C(C)=C/CC/C(C)=C/CCC2(C)O. The lowest BCUT2D eigenvalue weighted by Crippen LogP contribution is -2.49. The Morgan fingerprint density at radius 1 is 1.25 bits per heavy atom. The molecule has 4 atom stereocenters. The number of ether oxygens (including phenoxy) is 1. The van der Waals surface area contributed by atoms with Crippen LogP contribution in [0.2, 0.25) is 0 Å². The highest BCUT2D eigenvalue weighted by molar-refractivity contribution is 5.89. The second-order valence-corrected chi connectivity index (χ2v) is 7.57. The molecule has 24 heavy (non-hydrogen) atoms. The Morgan fingerprint density at radius 2 is 1.92 bits per heavy atom. The van der Waals surface area contributed by atoms with Gasteiger partial charge in [0.05, 0.1) is 11.7 Å². The van der Waals surface area contributed by atoms with Gasteiger partial charge in [0.15, 0.2) is 0 Å². The standard InChI is InChI=1S/C20H30O4/c1-13-7-5-8-14(2)11-17(21)16-12-18(24-19(22)15(16)3)20(4,23)10-6-9-13/h8-9,16-18,21,23H,3,5-7,10-12H2,1-2,4H3/b13-9+,14-8+. The fraction of sp³-hybridized carbons (Fsp3) is 0.650. The smallest absolute Gasteiger partial charge is 0.334 e. The van der Waals surface area contributed by atoms with E-state index in [1.807, 2.05) is 6.92 Å². The molecule has 0 saturated carbocycles. The highest BCUT2D eigenvalue weighted by atomic mass is 16.6. The second kappa shape index (κ2) is 7.66. The van der Waals surface area contributed by atoms with Crippen LogP contribution in [0.15, 0.2) is 35.5 Å². The van der Waals surface area contributed by atoms with E-state index in [0.717, 1.165) is 24.8 Å². The average Bonchev–Trinajstić information content (AvgIpc) is 2.48. The van der Waals surface area contributed by atoms with Gasteiger partial charge in [-0.15, -0.1) is 0 Å². The molecule has 1 aliphatic heterocycles. The Hall–Kier alpha value is -1.39. The molecule has 0 aromatic rings. The van der Waals surface area contributed by atoms with E-state index < -0.39 is 23.8 Å². The number of hydrogen-bond donors (Lipinski definition) is 2. The van der Waals surface area contributed by atoms with Crippen molar-refractivity contribution < 1.29 is 19.7 Å². The maximum atomic E-state index is 12.1. The molecule has 2 aliphatic rings. The molecule has 1 heterocycles. The van der Waals surface area contributed by atoms with Crippen LogP contribution in [-0.2, 0) is 9.53 Å². The number of allylic oxidation sites excluding steroid dienone is 3. The number of rotatable bonds is 0. The largest absolute Gasteiger partial charge is 0.456 e. The van der Waals surface area contributed by atoms with Gasteiger partial charge in [-0.3, -0.25) is 0 Å². The van der Waals surface area contributed by atoms with Gasteiger partial charge in [-0.1, -0.05) is 29.9 Å². The zero-order valence-electron chi connectivity index (χ0n) is 15.0. The third kappa shape index (κ3) is 4.58. The van der Waals surface area contributed by atoms with Crippen molar-refractivity contribution in [3.05, 3.63) is 35.5 Å². The predicted molar refractivity (Wildman–Crippen MR) is 94.4 cm³/mol. The third-order valence-electron chi connectivity index (χ3n) is 5.29. The van der Waals surface area contributed by atoms with Crippen molar-refractivity contribution in [3.8, 4) is 0 Å². The number of carbonyl (C=O) groups is 1.